The van der Waals surface area contributed by atoms with Gasteiger partial charge in [0.15, 0.2) is 5.03 Å². The van der Waals surface area contributed by atoms with Crippen molar-refractivity contribution in [2.45, 2.75) is 9.92 Å². The van der Waals surface area contributed by atoms with Gasteiger partial charge < -0.3 is 0 Å². The van der Waals surface area contributed by atoms with Crippen LogP contribution in [0.4, 0.5) is 8.78 Å². The van der Waals surface area contributed by atoms with Gasteiger partial charge in [0, 0.05) is 12.3 Å². The molecule has 4 rings (SSSR count). The predicted octanol–water partition coefficient (Wildman–Crippen LogP) is 3.63. The van der Waals surface area contributed by atoms with Gasteiger partial charge in [-0.25, -0.2) is 22.2 Å². The maximum absolute atomic E-state index is 13.4. The molecule has 28 heavy (non-hydrogen) atoms. The smallest absolute Gasteiger partial charge is 0.224 e. The molecule has 0 unspecified atom stereocenters. The lowest BCUT2D eigenvalue weighted by Crippen LogP contribution is -2.05. The van der Waals surface area contributed by atoms with Gasteiger partial charge in [0.2, 0.25) is 9.84 Å². The third-order valence-corrected chi connectivity index (χ3v) is 5.56. The van der Waals surface area contributed by atoms with E-state index < -0.39 is 26.4 Å². The lowest BCUT2D eigenvalue weighted by molar-refractivity contribution is 0.566. The van der Waals surface area contributed by atoms with Crippen LogP contribution in [0.2, 0.25) is 0 Å². The molecular formula is C19H12F2N4O2S. The number of pyridine rings is 2. The molecule has 0 saturated heterocycles. The summed E-state index contributed by atoms with van der Waals surface area (Å²) in [4.78, 5) is 7.81. The van der Waals surface area contributed by atoms with Gasteiger partial charge in [-0.15, -0.1) is 0 Å². The van der Waals surface area contributed by atoms with Crippen LogP contribution >= 0.6 is 0 Å². The van der Waals surface area contributed by atoms with Gasteiger partial charge in [-0.2, -0.15) is 5.10 Å². The Morgan fingerprint density at radius 2 is 1.75 bits per heavy atom. The molecule has 9 heteroatoms. The number of nitrogens with one attached hydrogen (secondary N) is 1. The van der Waals surface area contributed by atoms with Crippen LogP contribution in [-0.2, 0) is 9.84 Å². The fourth-order valence-electron chi connectivity index (χ4n) is 2.61. The zero-order chi connectivity index (χ0) is 19.7. The average molecular weight is 398 g/mol. The highest BCUT2D eigenvalue weighted by atomic mass is 32.2. The Morgan fingerprint density at radius 3 is 2.46 bits per heavy atom. The van der Waals surface area contributed by atoms with Crippen molar-refractivity contribution in [2.75, 3.05) is 0 Å². The second-order valence-electron chi connectivity index (χ2n) is 5.85. The van der Waals surface area contributed by atoms with E-state index in [9.17, 15) is 17.2 Å². The molecule has 0 saturated carbocycles. The minimum absolute atomic E-state index is 0.310. The number of benzene rings is 1. The molecule has 140 valence electrons. The van der Waals surface area contributed by atoms with Gasteiger partial charge >= 0.3 is 0 Å². The fraction of sp³-hybridized carbons (Fsp3) is 0. The highest BCUT2D eigenvalue weighted by molar-refractivity contribution is 7.91. The number of sulfone groups is 1. The molecule has 3 aromatic heterocycles. The molecule has 0 fully saturated rings. The maximum Gasteiger partial charge on any atom is 0.224 e. The van der Waals surface area contributed by atoms with Crippen LogP contribution in [0.5, 0.6) is 0 Å². The molecule has 0 aliphatic heterocycles. The number of fused-ring (bicyclic) bond motifs is 1. The van der Waals surface area contributed by atoms with Crippen LogP contribution < -0.4 is 0 Å². The largest absolute Gasteiger partial charge is 0.276 e. The molecule has 0 radical (unpaired) electrons. The van der Waals surface area contributed by atoms with Crippen molar-refractivity contribution in [2.24, 2.45) is 0 Å². The molecule has 0 spiro atoms. The van der Waals surface area contributed by atoms with E-state index in [0.717, 1.165) is 12.1 Å². The van der Waals surface area contributed by atoms with E-state index in [2.05, 4.69) is 20.2 Å². The third kappa shape index (κ3) is 3.39. The summed E-state index contributed by atoms with van der Waals surface area (Å²) in [5, 5.41) is 6.53. The molecule has 0 atom stereocenters. The monoisotopic (exact) mass is 398 g/mol. The molecule has 3 heterocycles. The van der Waals surface area contributed by atoms with Crippen LogP contribution in [0, 0.1) is 11.6 Å². The maximum atomic E-state index is 13.4. The number of H-pyrrole nitrogens is 1. The van der Waals surface area contributed by atoms with Crippen LogP contribution in [0.25, 0.3) is 23.2 Å². The first-order chi connectivity index (χ1) is 13.4. The highest BCUT2D eigenvalue weighted by Crippen LogP contribution is 2.24. The Labute approximate surface area is 158 Å². The minimum Gasteiger partial charge on any atom is -0.276 e. The second kappa shape index (κ2) is 6.93. The van der Waals surface area contributed by atoms with Gasteiger partial charge in [-0.3, -0.25) is 10.1 Å². The quantitative estimate of drug-likeness (QED) is 0.567. The molecule has 0 amide bonds. The van der Waals surface area contributed by atoms with E-state index in [1.165, 1.54) is 12.1 Å². The first kappa shape index (κ1) is 17.9. The standard InChI is InChI=1S/C19H12F2N4O2S/c20-12-9-13(21)11-15(10-12)28(26,27)18-7-6-17-19(23-18)16(24-25-17)5-4-14-3-1-2-8-22-14/h1-11H,(H,24,25)/b5-4+. The third-order valence-electron chi connectivity index (χ3n) is 3.93. The Balaban J connectivity index is 1.78. The second-order valence-corrected chi connectivity index (χ2v) is 7.75. The number of nitrogens with zero attached hydrogens (tertiary/aromatic N) is 3. The van der Waals surface area contributed by atoms with Crippen molar-refractivity contribution in [1.82, 2.24) is 20.2 Å². The minimum atomic E-state index is -4.21. The zero-order valence-corrected chi connectivity index (χ0v) is 15.0. The van der Waals surface area contributed by atoms with Gasteiger partial charge in [0.25, 0.3) is 0 Å². The molecule has 1 aromatic carbocycles. The average Bonchev–Trinajstić information content (AvgIpc) is 3.09. The summed E-state index contributed by atoms with van der Waals surface area (Å²) in [5.41, 5.74) is 1.93. The summed E-state index contributed by atoms with van der Waals surface area (Å²) < 4.78 is 52.4. The molecule has 0 aliphatic carbocycles. The van der Waals surface area contributed by atoms with Gasteiger partial charge in [-0.1, -0.05) is 6.07 Å². The van der Waals surface area contributed by atoms with Crippen LogP contribution in [0.1, 0.15) is 11.4 Å². The van der Waals surface area contributed by atoms with Gasteiger partial charge in [0.1, 0.15) is 22.7 Å². The summed E-state index contributed by atoms with van der Waals surface area (Å²) in [5.74, 6) is -1.97. The van der Waals surface area contributed by atoms with Crippen molar-refractivity contribution >= 4 is 33.0 Å². The Hall–Kier alpha value is -3.46. The first-order valence-corrected chi connectivity index (χ1v) is 9.57. The Kier molecular flexibility index (Phi) is 4.44. The number of hydrogen-bond acceptors (Lipinski definition) is 5. The van der Waals surface area contributed by atoms with Crippen molar-refractivity contribution in [3.05, 3.63) is 77.8 Å². The van der Waals surface area contributed by atoms with Crippen LogP contribution in [-0.4, -0.2) is 28.6 Å². The van der Waals surface area contributed by atoms with Crippen molar-refractivity contribution < 1.29 is 17.2 Å². The van der Waals surface area contributed by atoms with Crippen molar-refractivity contribution in [3.63, 3.8) is 0 Å². The predicted molar refractivity (Wildman–Crippen MR) is 98.9 cm³/mol. The Morgan fingerprint density at radius 1 is 0.964 bits per heavy atom. The molecular weight excluding hydrogens is 386 g/mol. The first-order valence-electron chi connectivity index (χ1n) is 8.09. The normalized spacial score (nSPS) is 12.1. The lowest BCUT2D eigenvalue weighted by atomic mass is 10.2. The van der Waals surface area contributed by atoms with Crippen molar-refractivity contribution in [3.8, 4) is 0 Å². The van der Waals surface area contributed by atoms with E-state index in [4.69, 9.17) is 0 Å². The summed E-state index contributed by atoms with van der Waals surface area (Å²) >= 11 is 0. The number of halogens is 2. The summed E-state index contributed by atoms with van der Waals surface area (Å²) in [6, 6.07) is 10.2. The number of rotatable bonds is 4. The topological polar surface area (TPSA) is 88.6 Å². The van der Waals surface area contributed by atoms with E-state index in [1.54, 1.807) is 30.5 Å². The molecule has 6 nitrogen and oxygen atoms in total. The SMILES string of the molecule is O=S(=O)(c1cc(F)cc(F)c1)c1ccc2n[nH]c(/C=C/c3ccccn3)c2n1. The highest BCUT2D eigenvalue weighted by Gasteiger charge is 2.22. The summed E-state index contributed by atoms with van der Waals surface area (Å²) in [6.45, 7) is 0. The summed E-state index contributed by atoms with van der Waals surface area (Å²) in [7, 11) is -4.21. The Bertz CT molecular complexity index is 1280. The molecule has 4 aromatic rings. The molecule has 0 aliphatic rings. The van der Waals surface area contributed by atoms with Gasteiger partial charge in [0.05, 0.1) is 16.3 Å². The van der Waals surface area contributed by atoms with Gasteiger partial charge in [-0.05, 0) is 48.6 Å². The zero-order valence-electron chi connectivity index (χ0n) is 14.2. The molecule has 0 bridgehead atoms. The van der Waals surface area contributed by atoms with Crippen LogP contribution in [0.3, 0.4) is 0 Å². The molecule has 1 N–H and O–H groups in total. The van der Waals surface area contributed by atoms with E-state index >= 15 is 0 Å². The number of hydrogen-bond donors (Lipinski definition) is 1. The fourth-order valence-corrected chi connectivity index (χ4v) is 3.84. The number of aromatic nitrogens is 4. The van der Waals surface area contributed by atoms with E-state index in [0.29, 0.717) is 28.5 Å². The van der Waals surface area contributed by atoms with E-state index in [1.807, 2.05) is 6.07 Å². The van der Waals surface area contributed by atoms with Crippen LogP contribution in [0.15, 0.2) is 64.6 Å². The van der Waals surface area contributed by atoms with E-state index in [-0.39, 0.29) is 5.03 Å². The summed E-state index contributed by atoms with van der Waals surface area (Å²) in [6.07, 6.45) is 5.03. The number of aromatic amines is 1. The lowest BCUT2D eigenvalue weighted by Gasteiger charge is -2.04. The van der Waals surface area contributed by atoms with Crippen molar-refractivity contribution in [1.29, 1.82) is 0 Å².